The van der Waals surface area contributed by atoms with Gasteiger partial charge in [-0.05, 0) is 60.4 Å². The molecule has 1 amide bonds. The predicted molar refractivity (Wildman–Crippen MR) is 130 cm³/mol. The lowest BCUT2D eigenvalue weighted by molar-refractivity contribution is -0.115. The fraction of sp³-hybridized carbons (Fsp3) is 0.214. The molecule has 0 saturated heterocycles. The number of carbonyl (C=O) groups is 1. The number of amides is 1. The molecule has 0 aliphatic heterocycles. The Bertz CT molecular complexity index is 1190. The first-order chi connectivity index (χ1) is 15.7. The van der Waals surface area contributed by atoms with Crippen LogP contribution in [0.4, 0.5) is 5.69 Å². The Labute approximate surface area is 189 Å². The molecule has 1 N–H and O–H groups in total. The van der Waals surface area contributed by atoms with E-state index >= 15 is 0 Å². The number of fused-ring (bicyclic) bond motifs is 1. The van der Waals surface area contributed by atoms with Crippen LogP contribution in [0.3, 0.4) is 0 Å². The molecule has 0 radical (unpaired) electrons. The molecule has 0 bridgehead atoms. The molecule has 3 aromatic carbocycles. The van der Waals surface area contributed by atoms with Crippen LogP contribution in [0, 0.1) is 0 Å². The normalized spacial score (nSPS) is 10.8. The zero-order chi connectivity index (χ0) is 22.2. The molecule has 0 aliphatic rings. The number of hydrogen-bond acceptors (Lipinski definition) is 3. The Morgan fingerprint density at radius 3 is 2.59 bits per heavy atom. The molecule has 1 aromatic heterocycles. The van der Waals surface area contributed by atoms with Crippen molar-refractivity contribution in [1.29, 1.82) is 0 Å². The Balaban J connectivity index is 1.32. The second-order valence-corrected chi connectivity index (χ2v) is 7.96. The minimum Gasteiger partial charge on any atom is -0.487 e. The first-order valence-electron chi connectivity index (χ1n) is 11.1. The zero-order valence-corrected chi connectivity index (χ0v) is 18.4. The summed E-state index contributed by atoms with van der Waals surface area (Å²) in [4.78, 5) is 17.1. The summed E-state index contributed by atoms with van der Waals surface area (Å²) in [7, 11) is 0. The molecular weight excluding hydrogens is 396 g/mol. The van der Waals surface area contributed by atoms with Crippen molar-refractivity contribution in [3.05, 3.63) is 102 Å². The molecule has 0 aliphatic carbocycles. The summed E-state index contributed by atoms with van der Waals surface area (Å²) in [5, 5.41) is 4.09. The highest BCUT2D eigenvalue weighted by Gasteiger charge is 2.07. The SMILES string of the molecule is CCCCc1ccc(NC(=O)Cc2cccc(OCc3ccc4ccccc4n3)c2)cc1. The molecule has 0 unspecified atom stereocenters. The Morgan fingerprint density at radius 1 is 0.906 bits per heavy atom. The van der Waals surface area contributed by atoms with Crippen LogP contribution in [0.15, 0.2) is 84.9 Å². The summed E-state index contributed by atoms with van der Waals surface area (Å²) in [6.07, 6.45) is 3.73. The molecule has 32 heavy (non-hydrogen) atoms. The molecule has 4 aromatic rings. The maximum Gasteiger partial charge on any atom is 0.228 e. The quantitative estimate of drug-likeness (QED) is 0.341. The van der Waals surface area contributed by atoms with E-state index in [0.717, 1.165) is 40.0 Å². The monoisotopic (exact) mass is 424 g/mol. The fourth-order valence-electron chi connectivity index (χ4n) is 3.62. The fourth-order valence-corrected chi connectivity index (χ4v) is 3.62. The summed E-state index contributed by atoms with van der Waals surface area (Å²) in [5.41, 5.74) is 4.86. The summed E-state index contributed by atoms with van der Waals surface area (Å²) in [6, 6.07) is 27.8. The van der Waals surface area contributed by atoms with Gasteiger partial charge in [0.25, 0.3) is 0 Å². The van der Waals surface area contributed by atoms with Crippen LogP contribution in [-0.4, -0.2) is 10.9 Å². The number of carbonyl (C=O) groups excluding carboxylic acids is 1. The molecule has 4 rings (SSSR count). The number of aromatic nitrogens is 1. The third kappa shape index (κ3) is 5.94. The van der Waals surface area contributed by atoms with E-state index in [9.17, 15) is 4.79 Å². The number of nitrogens with zero attached hydrogens (tertiary/aromatic N) is 1. The summed E-state index contributed by atoms with van der Waals surface area (Å²) >= 11 is 0. The Morgan fingerprint density at radius 2 is 1.75 bits per heavy atom. The number of hydrogen-bond donors (Lipinski definition) is 1. The summed E-state index contributed by atoms with van der Waals surface area (Å²) in [5.74, 6) is 0.685. The van der Waals surface area contributed by atoms with Gasteiger partial charge in [0, 0.05) is 11.1 Å². The highest BCUT2D eigenvalue weighted by Crippen LogP contribution is 2.18. The smallest absolute Gasteiger partial charge is 0.228 e. The number of aryl methyl sites for hydroxylation is 1. The molecule has 0 fully saturated rings. The van der Waals surface area contributed by atoms with E-state index in [2.05, 4.69) is 35.4 Å². The highest BCUT2D eigenvalue weighted by atomic mass is 16.5. The average Bonchev–Trinajstić information content (AvgIpc) is 2.82. The molecule has 1 heterocycles. The first kappa shape index (κ1) is 21.6. The highest BCUT2D eigenvalue weighted by molar-refractivity contribution is 5.92. The third-order valence-corrected chi connectivity index (χ3v) is 5.36. The summed E-state index contributed by atoms with van der Waals surface area (Å²) in [6.45, 7) is 2.57. The van der Waals surface area contributed by atoms with Crippen LogP contribution in [0.2, 0.25) is 0 Å². The number of benzene rings is 3. The van der Waals surface area contributed by atoms with Gasteiger partial charge in [-0.2, -0.15) is 0 Å². The van der Waals surface area contributed by atoms with Crippen molar-refractivity contribution < 1.29 is 9.53 Å². The lowest BCUT2D eigenvalue weighted by Gasteiger charge is -2.09. The maximum absolute atomic E-state index is 12.5. The van der Waals surface area contributed by atoms with Gasteiger partial charge in [-0.15, -0.1) is 0 Å². The van der Waals surface area contributed by atoms with Gasteiger partial charge in [0.05, 0.1) is 17.6 Å². The van der Waals surface area contributed by atoms with E-state index in [4.69, 9.17) is 4.74 Å². The van der Waals surface area contributed by atoms with Crippen LogP contribution in [-0.2, 0) is 24.2 Å². The van der Waals surface area contributed by atoms with Crippen LogP contribution < -0.4 is 10.1 Å². The number of rotatable bonds is 9. The van der Waals surface area contributed by atoms with Crippen molar-refractivity contribution >= 4 is 22.5 Å². The van der Waals surface area contributed by atoms with Gasteiger partial charge in [0.1, 0.15) is 12.4 Å². The minimum absolute atomic E-state index is 0.0420. The number of anilines is 1. The van der Waals surface area contributed by atoms with Crippen molar-refractivity contribution in [2.75, 3.05) is 5.32 Å². The van der Waals surface area contributed by atoms with E-state index in [-0.39, 0.29) is 5.91 Å². The van der Waals surface area contributed by atoms with Crippen LogP contribution in [0.25, 0.3) is 10.9 Å². The Kier molecular flexibility index (Phi) is 7.13. The van der Waals surface area contributed by atoms with Crippen molar-refractivity contribution in [2.45, 2.75) is 39.2 Å². The van der Waals surface area contributed by atoms with Gasteiger partial charge in [-0.3, -0.25) is 4.79 Å². The molecule has 0 atom stereocenters. The van der Waals surface area contributed by atoms with Crippen molar-refractivity contribution in [3.63, 3.8) is 0 Å². The predicted octanol–water partition coefficient (Wildman–Crippen LogP) is 6.34. The lowest BCUT2D eigenvalue weighted by atomic mass is 10.1. The molecule has 0 spiro atoms. The Hall–Kier alpha value is -3.66. The van der Waals surface area contributed by atoms with Crippen LogP contribution in [0.1, 0.15) is 36.6 Å². The van der Waals surface area contributed by atoms with Crippen LogP contribution in [0.5, 0.6) is 5.75 Å². The van der Waals surface area contributed by atoms with Crippen molar-refractivity contribution in [3.8, 4) is 5.75 Å². The molecule has 4 nitrogen and oxygen atoms in total. The maximum atomic E-state index is 12.5. The zero-order valence-electron chi connectivity index (χ0n) is 18.4. The minimum atomic E-state index is -0.0420. The van der Waals surface area contributed by atoms with E-state index in [1.165, 1.54) is 18.4 Å². The average molecular weight is 425 g/mol. The number of ether oxygens (including phenoxy) is 1. The third-order valence-electron chi connectivity index (χ3n) is 5.36. The molecular formula is C28H28N2O2. The van der Waals surface area contributed by atoms with Gasteiger partial charge < -0.3 is 10.1 Å². The summed E-state index contributed by atoms with van der Waals surface area (Å²) < 4.78 is 5.93. The topological polar surface area (TPSA) is 51.2 Å². The number of unbranched alkanes of at least 4 members (excludes halogenated alkanes) is 1. The molecule has 0 saturated carbocycles. The van der Waals surface area contributed by atoms with Crippen molar-refractivity contribution in [2.24, 2.45) is 0 Å². The van der Waals surface area contributed by atoms with E-state index in [1.807, 2.05) is 66.7 Å². The second kappa shape index (κ2) is 10.6. The van der Waals surface area contributed by atoms with E-state index in [0.29, 0.717) is 13.0 Å². The first-order valence-corrected chi connectivity index (χ1v) is 11.1. The lowest BCUT2D eigenvalue weighted by Crippen LogP contribution is -2.14. The van der Waals surface area contributed by atoms with Gasteiger partial charge >= 0.3 is 0 Å². The van der Waals surface area contributed by atoms with Crippen molar-refractivity contribution in [1.82, 2.24) is 4.98 Å². The largest absolute Gasteiger partial charge is 0.487 e. The van der Waals surface area contributed by atoms with Gasteiger partial charge in [-0.25, -0.2) is 4.98 Å². The van der Waals surface area contributed by atoms with Gasteiger partial charge in [-0.1, -0.05) is 61.9 Å². The molecule has 4 heteroatoms. The van der Waals surface area contributed by atoms with E-state index in [1.54, 1.807) is 0 Å². The molecule has 162 valence electrons. The van der Waals surface area contributed by atoms with Gasteiger partial charge in [0.2, 0.25) is 5.91 Å². The second-order valence-electron chi connectivity index (χ2n) is 7.96. The number of para-hydroxylation sites is 1. The standard InChI is InChI=1S/C28H28N2O2/c1-2-3-7-21-12-15-24(16-13-21)30-28(31)19-22-8-6-10-26(18-22)32-20-25-17-14-23-9-4-5-11-27(23)29-25/h4-6,8-18H,2-3,7,19-20H2,1H3,(H,30,31). The number of pyridine rings is 1. The van der Waals surface area contributed by atoms with Crippen LogP contribution >= 0.6 is 0 Å². The van der Waals surface area contributed by atoms with Gasteiger partial charge in [0.15, 0.2) is 0 Å². The number of nitrogens with one attached hydrogen (secondary N) is 1. The van der Waals surface area contributed by atoms with E-state index < -0.39 is 0 Å².